The molecule has 2 heterocycles. The Morgan fingerprint density at radius 3 is 2.56 bits per heavy atom. The number of hydrogen-bond acceptors (Lipinski definition) is 8. The van der Waals surface area contributed by atoms with Crippen LogP contribution in [0.4, 0.5) is 16.2 Å². The highest BCUT2D eigenvalue weighted by molar-refractivity contribution is 7.92. The summed E-state index contributed by atoms with van der Waals surface area (Å²) in [5, 5.41) is 12.6. The lowest BCUT2D eigenvalue weighted by molar-refractivity contribution is -0.134. The lowest BCUT2D eigenvalue weighted by atomic mass is 10.0. The first-order chi connectivity index (χ1) is 18.4. The molecule has 2 aliphatic rings. The van der Waals surface area contributed by atoms with Gasteiger partial charge in [-0.05, 0) is 37.3 Å². The van der Waals surface area contributed by atoms with Gasteiger partial charge in [-0.1, -0.05) is 6.92 Å². The molecule has 3 amide bonds. The van der Waals surface area contributed by atoms with Gasteiger partial charge >= 0.3 is 6.03 Å². The van der Waals surface area contributed by atoms with Crippen LogP contribution in [0.15, 0.2) is 36.4 Å². The van der Waals surface area contributed by atoms with E-state index < -0.39 is 22.2 Å². The number of carbonyl (C=O) groups excluding carboxylic acids is 2. The van der Waals surface area contributed by atoms with E-state index in [1.165, 1.54) is 4.90 Å². The Hall–Kier alpha value is -3.71. The number of hydrogen-bond donors (Lipinski definition) is 3. The molecule has 2 aromatic rings. The lowest BCUT2D eigenvalue weighted by Gasteiger charge is -2.34. The molecule has 0 saturated heterocycles. The number of likely N-dealkylation sites (N-methyl/N-ethyl adjacent to an activating group) is 1. The van der Waals surface area contributed by atoms with Crippen LogP contribution < -0.4 is 24.2 Å². The van der Waals surface area contributed by atoms with Gasteiger partial charge in [0.05, 0.1) is 31.9 Å². The van der Waals surface area contributed by atoms with Crippen LogP contribution >= 0.6 is 0 Å². The number of urea groups is 1. The van der Waals surface area contributed by atoms with Gasteiger partial charge in [0, 0.05) is 42.5 Å². The summed E-state index contributed by atoms with van der Waals surface area (Å²) in [7, 11) is -1.89. The molecule has 3 N–H and O–H groups in total. The molecule has 13 heteroatoms. The van der Waals surface area contributed by atoms with Crippen molar-refractivity contribution in [1.29, 1.82) is 0 Å². The largest absolute Gasteiger partial charge is 0.488 e. The van der Waals surface area contributed by atoms with Crippen molar-refractivity contribution >= 4 is 33.3 Å². The van der Waals surface area contributed by atoms with Gasteiger partial charge < -0.3 is 34.4 Å². The molecule has 0 bridgehead atoms. The Labute approximate surface area is 227 Å². The molecule has 0 saturated carbocycles. The summed E-state index contributed by atoms with van der Waals surface area (Å²) >= 11 is 0. The maximum Gasteiger partial charge on any atom is 0.321 e. The van der Waals surface area contributed by atoms with Crippen LogP contribution in [0.1, 0.15) is 19.4 Å². The number of carbonyl (C=O) groups is 2. The minimum absolute atomic E-state index is 0.0428. The molecular weight excluding hydrogens is 528 g/mol. The maximum atomic E-state index is 13.3. The number of nitrogens with zero attached hydrogens (tertiary/aromatic N) is 2. The zero-order chi connectivity index (χ0) is 28.3. The smallest absolute Gasteiger partial charge is 0.321 e. The molecule has 3 atom stereocenters. The highest BCUT2D eigenvalue weighted by atomic mass is 32.2. The number of aliphatic hydroxyl groups excluding tert-OH is 1. The zero-order valence-electron chi connectivity index (χ0n) is 22.3. The predicted octanol–water partition coefficient (Wildman–Crippen LogP) is 2.10. The van der Waals surface area contributed by atoms with Gasteiger partial charge in [0.25, 0.3) is 0 Å². The van der Waals surface area contributed by atoms with Gasteiger partial charge in [-0.3, -0.25) is 9.52 Å². The number of nitrogens with one attached hydrogen (secondary N) is 2. The molecule has 212 valence electrons. The zero-order valence-corrected chi connectivity index (χ0v) is 23.2. The highest BCUT2D eigenvalue weighted by Crippen LogP contribution is 2.34. The summed E-state index contributed by atoms with van der Waals surface area (Å²) in [6.45, 7) is 4.08. The number of anilines is 2. The quantitative estimate of drug-likeness (QED) is 0.465. The van der Waals surface area contributed by atoms with E-state index in [2.05, 4.69) is 10.0 Å². The van der Waals surface area contributed by atoms with Crippen LogP contribution in [0.5, 0.6) is 17.2 Å². The first kappa shape index (κ1) is 28.3. The first-order valence-electron chi connectivity index (χ1n) is 12.5. The average molecular weight is 563 g/mol. The van der Waals surface area contributed by atoms with Gasteiger partial charge in [-0.15, -0.1) is 0 Å². The molecule has 2 aromatic carbocycles. The number of fused-ring (bicyclic) bond motifs is 2. The van der Waals surface area contributed by atoms with Crippen LogP contribution in [0, 0.1) is 5.92 Å². The topological polar surface area (TPSA) is 147 Å². The van der Waals surface area contributed by atoms with E-state index in [1.54, 1.807) is 55.3 Å². The van der Waals surface area contributed by atoms with E-state index in [0.717, 1.165) is 6.26 Å². The van der Waals surface area contributed by atoms with E-state index in [1.807, 2.05) is 6.92 Å². The van der Waals surface area contributed by atoms with Crippen molar-refractivity contribution in [3.8, 4) is 17.2 Å². The fourth-order valence-corrected chi connectivity index (χ4v) is 5.03. The minimum atomic E-state index is -3.53. The molecule has 12 nitrogen and oxygen atoms in total. The molecule has 39 heavy (non-hydrogen) atoms. The van der Waals surface area contributed by atoms with E-state index in [-0.39, 0.29) is 44.2 Å². The van der Waals surface area contributed by atoms with Gasteiger partial charge in [-0.2, -0.15) is 0 Å². The van der Waals surface area contributed by atoms with Gasteiger partial charge in [0.2, 0.25) is 22.7 Å². The predicted molar refractivity (Wildman–Crippen MR) is 145 cm³/mol. The summed E-state index contributed by atoms with van der Waals surface area (Å²) in [5.41, 5.74) is 1.35. The third-order valence-electron chi connectivity index (χ3n) is 6.64. The molecule has 0 aromatic heterocycles. The molecule has 2 aliphatic heterocycles. The van der Waals surface area contributed by atoms with E-state index in [4.69, 9.17) is 14.2 Å². The number of amides is 3. The van der Waals surface area contributed by atoms with Crippen molar-refractivity contribution in [3.05, 3.63) is 42.0 Å². The van der Waals surface area contributed by atoms with Crippen LogP contribution in [-0.4, -0.2) is 87.2 Å². The summed E-state index contributed by atoms with van der Waals surface area (Å²) < 4.78 is 43.0. The number of rotatable bonds is 7. The van der Waals surface area contributed by atoms with Crippen molar-refractivity contribution < 1.29 is 37.3 Å². The van der Waals surface area contributed by atoms with Crippen molar-refractivity contribution in [2.45, 2.75) is 32.4 Å². The van der Waals surface area contributed by atoms with Crippen LogP contribution in [0.2, 0.25) is 0 Å². The van der Waals surface area contributed by atoms with Crippen molar-refractivity contribution in [2.24, 2.45) is 5.92 Å². The minimum Gasteiger partial charge on any atom is -0.488 e. The van der Waals surface area contributed by atoms with Crippen LogP contribution in [-0.2, 0) is 21.2 Å². The Bertz CT molecular complexity index is 1340. The van der Waals surface area contributed by atoms with Gasteiger partial charge in [0.1, 0.15) is 11.9 Å². The Morgan fingerprint density at radius 1 is 1.15 bits per heavy atom. The number of sulfonamides is 1. The van der Waals surface area contributed by atoms with Crippen LogP contribution in [0.25, 0.3) is 0 Å². The summed E-state index contributed by atoms with van der Waals surface area (Å²) in [6.07, 6.45) is 0.478. The van der Waals surface area contributed by atoms with Gasteiger partial charge in [0.15, 0.2) is 11.5 Å². The molecule has 0 radical (unpaired) electrons. The SMILES string of the molecule is C[C@H]1CN([C@@H](C)CO)C(=O)Cc2cc(NS(C)(=O)=O)ccc2O[C@@H]1CN(C)C(=O)Nc1ccc2c(c1)OCO2. The number of ether oxygens (including phenoxy) is 3. The summed E-state index contributed by atoms with van der Waals surface area (Å²) in [4.78, 5) is 29.4. The standard InChI is InChI=1S/C26H34N4O8S/c1-16-12-30(17(2)14-31)25(32)10-18-9-20(28-39(4,34)35)6-7-21(18)38-24(16)13-29(3)26(33)27-19-5-8-22-23(11-19)37-15-36-22/h5-9,11,16-17,24,28,31H,10,12-15H2,1-4H3,(H,27,33)/t16-,17-,24+/m0/s1. The molecular formula is C26H34N4O8S. The van der Waals surface area contributed by atoms with E-state index >= 15 is 0 Å². The lowest BCUT2D eigenvalue weighted by Crippen LogP contribution is -2.48. The molecule has 4 rings (SSSR count). The Kier molecular flexibility index (Phi) is 8.40. The summed E-state index contributed by atoms with van der Waals surface area (Å²) in [6, 6.07) is 9.07. The normalized spacial score (nSPS) is 19.6. The van der Waals surface area contributed by atoms with Crippen LogP contribution in [0.3, 0.4) is 0 Å². The maximum absolute atomic E-state index is 13.3. The molecule has 0 spiro atoms. The number of aliphatic hydroxyl groups is 1. The van der Waals surface area contributed by atoms with E-state index in [0.29, 0.717) is 40.7 Å². The van der Waals surface area contributed by atoms with Crippen molar-refractivity contribution in [1.82, 2.24) is 9.80 Å². The molecule has 0 aliphatic carbocycles. The Morgan fingerprint density at radius 2 is 1.85 bits per heavy atom. The fourth-order valence-electron chi connectivity index (χ4n) is 4.47. The Balaban J connectivity index is 1.57. The summed E-state index contributed by atoms with van der Waals surface area (Å²) in [5.74, 6) is 1.14. The number of benzene rings is 2. The average Bonchev–Trinajstić information content (AvgIpc) is 3.35. The fraction of sp³-hybridized carbons (Fsp3) is 0.462. The van der Waals surface area contributed by atoms with Crippen molar-refractivity contribution in [3.63, 3.8) is 0 Å². The third kappa shape index (κ3) is 7.03. The second-order valence-electron chi connectivity index (χ2n) is 9.96. The monoisotopic (exact) mass is 562 g/mol. The second kappa shape index (κ2) is 11.6. The van der Waals surface area contributed by atoms with E-state index in [9.17, 15) is 23.1 Å². The molecule has 0 fully saturated rings. The van der Waals surface area contributed by atoms with Crippen molar-refractivity contribution in [2.75, 3.05) is 49.8 Å². The first-order valence-corrected chi connectivity index (χ1v) is 14.4. The second-order valence-corrected chi connectivity index (χ2v) is 11.7. The third-order valence-corrected chi connectivity index (χ3v) is 7.25. The molecule has 0 unspecified atom stereocenters. The van der Waals surface area contributed by atoms with Gasteiger partial charge in [-0.25, -0.2) is 13.2 Å². The highest BCUT2D eigenvalue weighted by Gasteiger charge is 2.32.